The molecule has 4 nitrogen and oxygen atoms in total. The van der Waals surface area contributed by atoms with Gasteiger partial charge in [0.1, 0.15) is 12.2 Å². The number of hydrogen-bond donors (Lipinski definition) is 0. The van der Waals surface area contributed by atoms with E-state index in [1.165, 1.54) is 5.56 Å². The third-order valence-corrected chi connectivity index (χ3v) is 2.37. The van der Waals surface area contributed by atoms with Gasteiger partial charge in [-0.2, -0.15) is 0 Å². The Morgan fingerprint density at radius 2 is 2.31 bits per heavy atom. The van der Waals surface area contributed by atoms with Crippen molar-refractivity contribution in [1.82, 2.24) is 14.5 Å². The summed E-state index contributed by atoms with van der Waals surface area (Å²) in [6.07, 6.45) is 8.17. The molecule has 0 fully saturated rings. The molecule has 0 saturated heterocycles. The molecule has 0 radical (unpaired) electrons. The van der Waals surface area contributed by atoms with E-state index < -0.39 is 0 Å². The molecule has 0 aliphatic carbocycles. The van der Waals surface area contributed by atoms with Crippen LogP contribution in [-0.4, -0.2) is 20.4 Å². The number of hydrogen-bond acceptors (Lipinski definition) is 3. The van der Waals surface area contributed by atoms with Gasteiger partial charge < -0.3 is 0 Å². The Bertz CT molecular complexity index is 468. The van der Waals surface area contributed by atoms with Crippen LogP contribution in [0.3, 0.4) is 0 Å². The molecule has 0 atom stereocenters. The Hall–Kier alpha value is -1.97. The molecule has 2 heterocycles. The van der Waals surface area contributed by atoms with Gasteiger partial charge in [0.2, 0.25) is 0 Å². The number of aryl methyl sites for hydroxylation is 1. The second kappa shape index (κ2) is 4.70. The number of imidazole rings is 1. The lowest BCUT2D eigenvalue weighted by molar-refractivity contribution is 1.08. The minimum Gasteiger partial charge on any atom is -0.294 e. The lowest BCUT2D eigenvalue weighted by atomic mass is 10.2. The van der Waals surface area contributed by atoms with E-state index in [0.29, 0.717) is 0 Å². The zero-order valence-electron chi connectivity index (χ0n) is 9.46. The molecule has 0 N–H and O–H groups in total. The summed E-state index contributed by atoms with van der Waals surface area (Å²) in [4.78, 5) is 12.7. The van der Waals surface area contributed by atoms with Crippen LogP contribution in [0.2, 0.25) is 0 Å². The van der Waals surface area contributed by atoms with Gasteiger partial charge in [0.15, 0.2) is 5.82 Å². The van der Waals surface area contributed by atoms with Gasteiger partial charge in [-0.3, -0.25) is 4.57 Å². The molecule has 0 aliphatic rings. The molecule has 2 aromatic heterocycles. The first-order valence-electron chi connectivity index (χ1n) is 5.28. The maximum atomic E-state index is 4.41. The minimum absolute atomic E-state index is 0.725. The predicted molar refractivity (Wildman–Crippen MR) is 64.0 cm³/mol. The number of rotatable bonds is 2. The van der Waals surface area contributed by atoms with Crippen molar-refractivity contribution >= 4 is 11.7 Å². The Labute approximate surface area is 94.7 Å². The summed E-state index contributed by atoms with van der Waals surface area (Å²) in [5.41, 5.74) is 1.22. The first-order valence-corrected chi connectivity index (χ1v) is 5.28. The molecular formula is C12H14N4. The average Bonchev–Trinajstić information content (AvgIpc) is 2.83. The smallest absolute Gasteiger partial charge is 0.153 e. The monoisotopic (exact) mass is 214 g/mol. The third kappa shape index (κ3) is 2.34. The molecule has 0 unspecified atom stereocenters. The maximum absolute atomic E-state index is 4.41. The van der Waals surface area contributed by atoms with Crippen LogP contribution in [0.1, 0.15) is 19.4 Å². The van der Waals surface area contributed by atoms with Crippen molar-refractivity contribution < 1.29 is 0 Å². The summed E-state index contributed by atoms with van der Waals surface area (Å²) in [5, 5.41) is 0. The topological polar surface area (TPSA) is 43.1 Å². The summed E-state index contributed by atoms with van der Waals surface area (Å²) in [5.74, 6) is 1.58. The Morgan fingerprint density at radius 1 is 1.44 bits per heavy atom. The number of aliphatic imine (C=N–C) groups is 1. The summed E-state index contributed by atoms with van der Waals surface area (Å²) >= 11 is 0. The molecule has 16 heavy (non-hydrogen) atoms. The SMILES string of the molecule is CCc1ccc(/N=C(\C)n2ccnc2)nc1. The van der Waals surface area contributed by atoms with Gasteiger partial charge in [-0.15, -0.1) is 0 Å². The minimum atomic E-state index is 0.725. The molecule has 0 aromatic carbocycles. The van der Waals surface area contributed by atoms with E-state index in [1.807, 2.05) is 36.0 Å². The van der Waals surface area contributed by atoms with E-state index in [0.717, 1.165) is 18.1 Å². The lowest BCUT2D eigenvalue weighted by Crippen LogP contribution is -2.03. The highest BCUT2D eigenvalue weighted by Crippen LogP contribution is 2.09. The second-order valence-electron chi connectivity index (χ2n) is 3.51. The normalized spacial score (nSPS) is 11.8. The van der Waals surface area contributed by atoms with Gasteiger partial charge in [-0.25, -0.2) is 15.0 Å². The Morgan fingerprint density at radius 3 is 2.88 bits per heavy atom. The highest BCUT2D eigenvalue weighted by Gasteiger charge is 1.96. The van der Waals surface area contributed by atoms with Crippen LogP contribution in [0.25, 0.3) is 0 Å². The fraction of sp³-hybridized carbons (Fsp3) is 0.250. The molecule has 0 spiro atoms. The fourth-order valence-electron chi connectivity index (χ4n) is 1.37. The van der Waals surface area contributed by atoms with E-state index in [4.69, 9.17) is 0 Å². The van der Waals surface area contributed by atoms with E-state index in [2.05, 4.69) is 21.9 Å². The summed E-state index contributed by atoms with van der Waals surface area (Å²) in [6, 6.07) is 3.98. The van der Waals surface area contributed by atoms with Crippen molar-refractivity contribution in [3.8, 4) is 0 Å². The van der Waals surface area contributed by atoms with Crippen LogP contribution in [0.15, 0.2) is 42.0 Å². The fourth-order valence-corrected chi connectivity index (χ4v) is 1.37. The summed E-state index contributed by atoms with van der Waals surface area (Å²) in [7, 11) is 0. The first kappa shape index (κ1) is 10.5. The van der Waals surface area contributed by atoms with Gasteiger partial charge in [0.05, 0.1) is 0 Å². The molecule has 0 amide bonds. The van der Waals surface area contributed by atoms with Gasteiger partial charge in [-0.05, 0) is 25.0 Å². The van der Waals surface area contributed by atoms with Gasteiger partial charge >= 0.3 is 0 Å². The molecule has 82 valence electrons. The number of pyridine rings is 1. The van der Waals surface area contributed by atoms with Crippen LogP contribution in [-0.2, 0) is 6.42 Å². The van der Waals surface area contributed by atoms with Gasteiger partial charge in [0.25, 0.3) is 0 Å². The van der Waals surface area contributed by atoms with Crippen LogP contribution >= 0.6 is 0 Å². The van der Waals surface area contributed by atoms with Crippen molar-refractivity contribution in [3.63, 3.8) is 0 Å². The highest BCUT2D eigenvalue weighted by molar-refractivity contribution is 5.83. The third-order valence-electron chi connectivity index (χ3n) is 2.37. The lowest BCUT2D eigenvalue weighted by Gasteiger charge is -2.01. The van der Waals surface area contributed by atoms with Crippen LogP contribution in [0.4, 0.5) is 5.82 Å². The molecule has 0 aliphatic heterocycles. The average molecular weight is 214 g/mol. The summed E-state index contributed by atoms with van der Waals surface area (Å²) < 4.78 is 1.86. The first-order chi connectivity index (χ1) is 7.79. The molecule has 0 saturated carbocycles. The van der Waals surface area contributed by atoms with E-state index in [9.17, 15) is 0 Å². The quantitative estimate of drug-likeness (QED) is 0.569. The largest absolute Gasteiger partial charge is 0.294 e. The predicted octanol–water partition coefficient (Wildman–Crippen LogP) is 2.44. The van der Waals surface area contributed by atoms with Crippen LogP contribution < -0.4 is 0 Å². The number of aromatic nitrogens is 3. The Balaban J connectivity index is 2.22. The van der Waals surface area contributed by atoms with Crippen LogP contribution in [0.5, 0.6) is 0 Å². The van der Waals surface area contributed by atoms with E-state index >= 15 is 0 Å². The molecule has 4 heteroatoms. The van der Waals surface area contributed by atoms with Crippen molar-refractivity contribution in [1.29, 1.82) is 0 Å². The number of nitrogens with zero attached hydrogens (tertiary/aromatic N) is 4. The second-order valence-corrected chi connectivity index (χ2v) is 3.51. The van der Waals surface area contributed by atoms with E-state index in [1.54, 1.807) is 12.5 Å². The molecule has 2 aromatic rings. The molecule has 0 bridgehead atoms. The molecular weight excluding hydrogens is 200 g/mol. The Kier molecular flexibility index (Phi) is 3.10. The zero-order chi connectivity index (χ0) is 11.4. The van der Waals surface area contributed by atoms with E-state index in [-0.39, 0.29) is 0 Å². The van der Waals surface area contributed by atoms with Crippen molar-refractivity contribution in [2.45, 2.75) is 20.3 Å². The highest BCUT2D eigenvalue weighted by atomic mass is 15.1. The summed E-state index contributed by atoms with van der Waals surface area (Å²) in [6.45, 7) is 4.04. The van der Waals surface area contributed by atoms with Crippen LogP contribution in [0, 0.1) is 0 Å². The van der Waals surface area contributed by atoms with Crippen molar-refractivity contribution in [3.05, 3.63) is 42.6 Å². The van der Waals surface area contributed by atoms with Crippen molar-refractivity contribution in [2.24, 2.45) is 4.99 Å². The van der Waals surface area contributed by atoms with Crippen molar-refractivity contribution in [2.75, 3.05) is 0 Å². The zero-order valence-corrected chi connectivity index (χ0v) is 9.46. The van der Waals surface area contributed by atoms with Gasteiger partial charge in [-0.1, -0.05) is 13.0 Å². The molecule has 2 rings (SSSR count). The maximum Gasteiger partial charge on any atom is 0.153 e. The standard InChI is InChI=1S/C12H14N4/c1-3-11-4-5-12(14-8-11)15-10(2)16-7-6-13-9-16/h4-9H,3H2,1-2H3/b15-10+. The van der Waals surface area contributed by atoms with Gasteiger partial charge in [0, 0.05) is 18.6 Å².